The van der Waals surface area contributed by atoms with Crippen LogP contribution < -0.4 is 0 Å². The molecule has 436 valence electrons. The van der Waals surface area contributed by atoms with Gasteiger partial charge >= 0.3 is 0 Å². The molecule has 94 heavy (non-hydrogen) atoms. The molecule has 0 aliphatic rings. The average Bonchev–Trinajstić information content (AvgIpc) is 1.53. The zero-order chi connectivity index (χ0) is 61.3. The second-order valence-corrected chi connectivity index (χ2v) is 24.8. The van der Waals surface area contributed by atoms with Crippen LogP contribution in [0, 0.1) is 0 Å². The van der Waals surface area contributed by atoms with Crippen molar-refractivity contribution in [3.8, 4) is 62.1 Å². The van der Waals surface area contributed by atoms with E-state index >= 15 is 0 Å². The van der Waals surface area contributed by atoms with Gasteiger partial charge in [0.05, 0.1) is 44.5 Å². The van der Waals surface area contributed by atoms with Crippen LogP contribution in [-0.4, -0.2) is 23.7 Å². The number of fused-ring (bicyclic) bond motifs is 19. The highest BCUT2D eigenvalue weighted by molar-refractivity contribution is 6.16. The van der Waals surface area contributed by atoms with Crippen molar-refractivity contribution in [2.24, 2.45) is 0 Å². The molecule has 0 bridgehead atoms. The van der Waals surface area contributed by atoms with Gasteiger partial charge in [-0.1, -0.05) is 194 Å². The molecule has 0 saturated carbocycles. The van der Waals surface area contributed by atoms with Gasteiger partial charge in [0.25, 0.3) is 0 Å². The lowest BCUT2D eigenvalue weighted by Crippen LogP contribution is -2.07. The minimum atomic E-state index is 0.552. The van der Waals surface area contributed by atoms with Crippen molar-refractivity contribution in [1.29, 1.82) is 0 Å². The van der Waals surface area contributed by atoms with E-state index in [4.69, 9.17) is 23.2 Å². The van der Waals surface area contributed by atoms with E-state index in [1.807, 2.05) is 36.4 Å². The van der Waals surface area contributed by atoms with Crippen LogP contribution in [0.3, 0.4) is 0 Å². The van der Waals surface area contributed by atoms with Gasteiger partial charge in [0.2, 0.25) is 5.95 Å². The highest BCUT2D eigenvalue weighted by Gasteiger charge is 2.24. The van der Waals surface area contributed by atoms with Gasteiger partial charge in [-0.25, -0.2) is 4.98 Å². The van der Waals surface area contributed by atoms with Gasteiger partial charge in [-0.15, -0.1) is 0 Å². The second kappa shape index (κ2) is 19.4. The van der Waals surface area contributed by atoms with E-state index in [-0.39, 0.29) is 0 Å². The fourth-order valence-corrected chi connectivity index (χ4v) is 15.4. The molecule has 0 amide bonds. The van der Waals surface area contributed by atoms with Crippen LogP contribution in [0.5, 0.6) is 0 Å². The van der Waals surface area contributed by atoms with Crippen LogP contribution in [-0.2, 0) is 0 Å². The molecule has 0 spiro atoms. The van der Waals surface area contributed by atoms with Crippen LogP contribution in [0.1, 0.15) is 0 Å². The molecule has 8 heteroatoms. The summed E-state index contributed by atoms with van der Waals surface area (Å²) in [6, 6.07) is 107. The van der Waals surface area contributed by atoms with Gasteiger partial charge in [0.15, 0.2) is 0 Å². The molecule has 14 aromatic carbocycles. The van der Waals surface area contributed by atoms with Crippen LogP contribution >= 0.6 is 0 Å². The van der Waals surface area contributed by atoms with E-state index in [0.717, 1.165) is 187 Å². The van der Waals surface area contributed by atoms with Gasteiger partial charge in [-0.2, -0.15) is 4.98 Å². The molecule has 21 aromatic rings. The highest BCUT2D eigenvalue weighted by Crippen LogP contribution is 2.44. The van der Waals surface area contributed by atoms with E-state index in [2.05, 4.69) is 275 Å². The Kier molecular flexibility index (Phi) is 10.5. The van der Waals surface area contributed by atoms with E-state index in [1.54, 1.807) is 0 Å². The predicted molar refractivity (Wildman–Crippen MR) is 386 cm³/mol. The zero-order valence-corrected chi connectivity index (χ0v) is 50.3. The minimum absolute atomic E-state index is 0.552. The molecule has 0 N–H and O–H groups in total. The number of hydrogen-bond donors (Lipinski definition) is 0. The molecule has 0 atom stereocenters. The van der Waals surface area contributed by atoms with Crippen LogP contribution in [0.4, 0.5) is 0 Å². The topological polar surface area (TPSA) is 80.0 Å². The number of furan rings is 3. The molecule has 0 fully saturated rings. The van der Waals surface area contributed by atoms with Crippen molar-refractivity contribution in [3.63, 3.8) is 0 Å². The van der Waals surface area contributed by atoms with Crippen LogP contribution in [0.15, 0.2) is 311 Å². The zero-order valence-electron chi connectivity index (χ0n) is 50.3. The van der Waals surface area contributed by atoms with Crippen molar-refractivity contribution in [2.75, 3.05) is 0 Å². The van der Waals surface area contributed by atoms with Gasteiger partial charge in [0.1, 0.15) is 39.3 Å². The average molecular weight is 1200 g/mol. The Morgan fingerprint density at radius 3 is 1.03 bits per heavy atom. The Morgan fingerprint density at radius 1 is 0.213 bits per heavy atom. The van der Waals surface area contributed by atoms with Crippen molar-refractivity contribution in [2.45, 2.75) is 0 Å². The SMILES string of the molecule is c1ccc2c(c1)oc1ccc(-c3ccc4c5ccccc5n(-c5cc(-c6ccc(-n7c8ccccc8c8ccc(-c9ccc%10oc%11ccccc%11c%10c9)cc87)c7ccccc67)nc(-n6c7ccccc7c7ccc(-c8ccc9oc%10ccccc%10c9c8)cc76)n5)c4c3)cc12. The Hall–Kier alpha value is -12.8. The predicted octanol–water partition coefficient (Wildman–Crippen LogP) is 23.3. The number of aromatic nitrogens is 5. The lowest BCUT2D eigenvalue weighted by atomic mass is 9.99. The molecular weight excluding hydrogens is 1150 g/mol. The number of nitrogens with zero attached hydrogens (tertiary/aromatic N) is 5. The summed E-state index contributed by atoms with van der Waals surface area (Å²) in [4.78, 5) is 11.7. The van der Waals surface area contributed by atoms with E-state index in [0.29, 0.717) is 5.95 Å². The summed E-state index contributed by atoms with van der Waals surface area (Å²) >= 11 is 0. The molecule has 0 radical (unpaired) electrons. The highest BCUT2D eigenvalue weighted by atomic mass is 16.3. The van der Waals surface area contributed by atoms with Gasteiger partial charge in [-0.05, 0) is 136 Å². The third-order valence-electron chi connectivity index (χ3n) is 19.7. The third kappa shape index (κ3) is 7.44. The van der Waals surface area contributed by atoms with Crippen LogP contribution in [0.2, 0.25) is 0 Å². The number of benzene rings is 14. The van der Waals surface area contributed by atoms with Crippen molar-refractivity contribution in [3.05, 3.63) is 297 Å². The summed E-state index contributed by atoms with van der Waals surface area (Å²) in [5.41, 5.74) is 21.0. The van der Waals surface area contributed by atoms with Crippen molar-refractivity contribution < 1.29 is 13.3 Å². The number of hydrogen-bond acceptors (Lipinski definition) is 5. The van der Waals surface area contributed by atoms with E-state index in [9.17, 15) is 0 Å². The summed E-state index contributed by atoms with van der Waals surface area (Å²) < 4.78 is 26.0. The first-order valence-corrected chi connectivity index (χ1v) is 31.8. The third-order valence-corrected chi connectivity index (χ3v) is 19.7. The summed E-state index contributed by atoms with van der Waals surface area (Å²) in [5, 5.41) is 15.6. The maximum Gasteiger partial charge on any atom is 0.237 e. The molecule has 0 unspecified atom stereocenters. The number of para-hydroxylation sites is 6. The lowest BCUT2D eigenvalue weighted by Gasteiger charge is -2.17. The minimum Gasteiger partial charge on any atom is -0.456 e. The first kappa shape index (κ1) is 51.0. The molecule has 0 aliphatic heterocycles. The monoisotopic (exact) mass is 1200 g/mol. The smallest absolute Gasteiger partial charge is 0.237 e. The first-order chi connectivity index (χ1) is 46.6. The molecular formula is C86H49N5O3. The standard InChI is InChI=1S/C86H49N5O3/c1-2-16-58-56(15-1)57(38-39-75(58)89-72-23-9-3-17-59(72)62-35-29-53(46-76(62)89)50-32-40-82-68(43-50)65-20-6-12-26-79(65)92-82)71-49-85(90-73-24-10-4-18-60(73)63-36-30-54(47-77(63)90)51-33-41-83-69(44-51)66-21-7-13-27-80(66)93-83)88-86(87-71)91-74-25-11-5-19-61(74)64-37-31-55(48-78(64)91)52-34-42-84-70(45-52)67-22-8-14-28-81(67)94-84/h1-49H. The molecule has 7 aromatic heterocycles. The van der Waals surface area contributed by atoms with E-state index in [1.165, 1.54) is 10.8 Å². The molecule has 21 rings (SSSR count). The summed E-state index contributed by atoms with van der Waals surface area (Å²) in [5.74, 6) is 1.29. The largest absolute Gasteiger partial charge is 0.456 e. The number of rotatable bonds is 7. The molecule has 0 aliphatic carbocycles. The Bertz CT molecular complexity index is 6580. The molecule has 7 heterocycles. The first-order valence-electron chi connectivity index (χ1n) is 31.8. The maximum atomic E-state index is 6.33. The summed E-state index contributed by atoms with van der Waals surface area (Å²) in [7, 11) is 0. The fourth-order valence-electron chi connectivity index (χ4n) is 15.4. The summed E-state index contributed by atoms with van der Waals surface area (Å²) in [6.07, 6.45) is 0. The van der Waals surface area contributed by atoms with Crippen molar-refractivity contribution >= 4 is 142 Å². The maximum absolute atomic E-state index is 6.33. The fraction of sp³-hybridized carbons (Fsp3) is 0. The normalized spacial score (nSPS) is 12.3. The second-order valence-electron chi connectivity index (χ2n) is 24.8. The lowest BCUT2D eigenvalue weighted by molar-refractivity contribution is 0.668. The molecule has 0 saturated heterocycles. The Labute approximate surface area is 535 Å². The van der Waals surface area contributed by atoms with Crippen LogP contribution in [0.25, 0.3) is 204 Å². The van der Waals surface area contributed by atoms with Crippen molar-refractivity contribution in [1.82, 2.24) is 23.7 Å². The Morgan fingerprint density at radius 2 is 0.553 bits per heavy atom. The van der Waals surface area contributed by atoms with Gasteiger partial charge in [-0.3, -0.25) is 9.13 Å². The quantitative estimate of drug-likeness (QED) is 0.159. The van der Waals surface area contributed by atoms with Gasteiger partial charge in [0, 0.05) is 81.7 Å². The van der Waals surface area contributed by atoms with Gasteiger partial charge < -0.3 is 17.8 Å². The van der Waals surface area contributed by atoms with E-state index < -0.39 is 0 Å². The Balaban J connectivity index is 0.802. The summed E-state index contributed by atoms with van der Waals surface area (Å²) in [6.45, 7) is 0. The molecule has 8 nitrogen and oxygen atoms in total.